The van der Waals surface area contributed by atoms with Crippen molar-refractivity contribution in [1.82, 2.24) is 9.55 Å². The largest absolute Gasteiger partial charge is 0.354 e. The van der Waals surface area contributed by atoms with Crippen molar-refractivity contribution in [3.63, 3.8) is 0 Å². The molecule has 0 unspecified atom stereocenters. The normalized spacial score (nSPS) is 12.4. The average Bonchev–Trinajstić information content (AvgIpc) is 2.70. The van der Waals surface area contributed by atoms with Crippen molar-refractivity contribution in [2.24, 2.45) is 7.05 Å². The van der Waals surface area contributed by atoms with E-state index in [-0.39, 0.29) is 21.7 Å². The van der Waals surface area contributed by atoms with Crippen LogP contribution in [-0.4, -0.2) is 22.5 Å². The van der Waals surface area contributed by atoms with Crippen LogP contribution in [0.1, 0.15) is 5.56 Å². The van der Waals surface area contributed by atoms with Crippen LogP contribution in [0.4, 0.5) is 0 Å². The Morgan fingerprint density at radius 2 is 1.60 bits per heavy atom. The number of hydrogen-bond acceptors (Lipinski definition) is 4. The number of para-hydroxylation sites is 1. The van der Waals surface area contributed by atoms with Gasteiger partial charge in [0.15, 0.2) is 10.9 Å². The van der Waals surface area contributed by atoms with Crippen LogP contribution in [0.25, 0.3) is 43.6 Å². The van der Waals surface area contributed by atoms with Gasteiger partial charge in [-0.15, -0.1) is 0 Å². The number of pyridine rings is 2. The van der Waals surface area contributed by atoms with Gasteiger partial charge in [0.1, 0.15) is 4.90 Å². The molecule has 0 aliphatic carbocycles. The van der Waals surface area contributed by atoms with E-state index in [0.717, 1.165) is 5.52 Å². The Kier molecular flexibility index (Phi) is 3.71. The molecule has 2 aromatic heterocycles. The summed E-state index contributed by atoms with van der Waals surface area (Å²) < 4.78 is 35.3. The van der Waals surface area contributed by atoms with Crippen molar-refractivity contribution >= 4 is 53.7 Å². The predicted molar refractivity (Wildman–Crippen MR) is 117 cm³/mol. The highest BCUT2D eigenvalue weighted by molar-refractivity contribution is 7.86. The quantitative estimate of drug-likeness (QED) is 0.320. The first-order valence-corrected chi connectivity index (χ1v) is 10.6. The van der Waals surface area contributed by atoms with E-state index in [1.54, 1.807) is 44.3 Å². The Balaban J connectivity index is 2.06. The average molecular weight is 420 g/mol. The molecule has 5 rings (SSSR count). The number of nitrogens with zero attached hydrogens (tertiary/aromatic N) is 1. The third-order valence-corrected chi connectivity index (χ3v) is 6.40. The van der Waals surface area contributed by atoms with Gasteiger partial charge in [-0.05, 0) is 48.9 Å². The van der Waals surface area contributed by atoms with Crippen molar-refractivity contribution in [3.8, 4) is 0 Å². The molecule has 0 aliphatic rings. The highest BCUT2D eigenvalue weighted by Crippen LogP contribution is 2.26. The Labute approximate surface area is 169 Å². The fourth-order valence-corrected chi connectivity index (χ4v) is 4.94. The summed E-state index contributed by atoms with van der Waals surface area (Å²) in [7, 11) is -2.80. The maximum atomic E-state index is 13.3. The number of aromatic amines is 1. The van der Waals surface area contributed by atoms with E-state index in [1.165, 1.54) is 6.07 Å². The minimum absolute atomic E-state index is 0.110. The maximum absolute atomic E-state index is 13.3. The van der Waals surface area contributed by atoms with Gasteiger partial charge < -0.3 is 9.55 Å². The molecule has 5 aromatic rings. The van der Waals surface area contributed by atoms with Crippen LogP contribution in [0.2, 0.25) is 0 Å². The van der Waals surface area contributed by atoms with E-state index in [0.29, 0.717) is 27.4 Å². The standard InChI is InChI=1S/C22H16N2O5S/c1-11-7-16-20(19(8-11)30(27,28)29)22(26)13-10-18-14(9-15(13)23-16)21(25)12-5-3-4-6-17(12)24(18)2/h3-10H,1-2H3,(H,23,26)(H,27,28,29). The molecule has 0 atom stereocenters. The van der Waals surface area contributed by atoms with Crippen molar-refractivity contribution in [1.29, 1.82) is 0 Å². The van der Waals surface area contributed by atoms with Crippen molar-refractivity contribution in [3.05, 3.63) is 74.5 Å². The number of aryl methyl sites for hydroxylation is 2. The number of rotatable bonds is 1. The van der Waals surface area contributed by atoms with Crippen LogP contribution >= 0.6 is 0 Å². The lowest BCUT2D eigenvalue weighted by atomic mass is 10.0. The summed E-state index contributed by atoms with van der Waals surface area (Å²) in [5.41, 5.74) is 1.85. The van der Waals surface area contributed by atoms with Gasteiger partial charge in [0.05, 0.1) is 27.5 Å². The number of H-pyrrole nitrogens is 1. The third kappa shape index (κ3) is 2.51. The predicted octanol–water partition coefficient (Wildman–Crippen LogP) is 3.24. The smallest absolute Gasteiger partial charge is 0.295 e. The van der Waals surface area contributed by atoms with E-state index < -0.39 is 20.4 Å². The number of nitrogens with one attached hydrogen (secondary N) is 1. The lowest BCUT2D eigenvalue weighted by molar-refractivity contribution is 0.484. The zero-order valence-electron chi connectivity index (χ0n) is 16.1. The van der Waals surface area contributed by atoms with E-state index in [9.17, 15) is 22.6 Å². The minimum Gasteiger partial charge on any atom is -0.354 e. The first kappa shape index (κ1) is 18.5. The van der Waals surface area contributed by atoms with Gasteiger partial charge in [-0.1, -0.05) is 12.1 Å². The number of hydrogen-bond donors (Lipinski definition) is 2. The topological polar surface area (TPSA) is 109 Å². The second-order valence-electron chi connectivity index (χ2n) is 7.44. The molecule has 8 heteroatoms. The Bertz CT molecular complexity index is 1780. The lowest BCUT2D eigenvalue weighted by Gasteiger charge is -2.12. The summed E-state index contributed by atoms with van der Waals surface area (Å²) in [4.78, 5) is 29.0. The monoisotopic (exact) mass is 420 g/mol. The van der Waals surface area contributed by atoms with E-state index in [2.05, 4.69) is 4.98 Å². The second kappa shape index (κ2) is 6.01. The van der Waals surface area contributed by atoms with Gasteiger partial charge in [0, 0.05) is 23.2 Å². The number of fused-ring (bicyclic) bond motifs is 4. The van der Waals surface area contributed by atoms with Gasteiger partial charge in [0.2, 0.25) is 0 Å². The zero-order chi connectivity index (χ0) is 21.4. The molecule has 150 valence electrons. The van der Waals surface area contributed by atoms with E-state index in [1.807, 2.05) is 16.7 Å². The van der Waals surface area contributed by atoms with E-state index >= 15 is 0 Å². The van der Waals surface area contributed by atoms with Gasteiger partial charge in [-0.3, -0.25) is 14.1 Å². The summed E-state index contributed by atoms with van der Waals surface area (Å²) in [6, 6.07) is 13.3. The van der Waals surface area contributed by atoms with Gasteiger partial charge in [0.25, 0.3) is 10.1 Å². The molecule has 3 aromatic carbocycles. The molecular weight excluding hydrogens is 404 g/mol. The Morgan fingerprint density at radius 1 is 0.867 bits per heavy atom. The molecule has 0 amide bonds. The SMILES string of the molecule is Cc1cc(S(=O)(=O)O)c2c(=O)c3cc4c(cc3[nH]c2c1)c(=O)c1ccccc1n4C. The third-order valence-electron chi connectivity index (χ3n) is 5.52. The van der Waals surface area contributed by atoms with Crippen LogP contribution in [-0.2, 0) is 17.2 Å². The summed E-state index contributed by atoms with van der Waals surface area (Å²) in [5.74, 6) is 0. The van der Waals surface area contributed by atoms with Crippen molar-refractivity contribution < 1.29 is 13.0 Å². The van der Waals surface area contributed by atoms with Crippen molar-refractivity contribution in [2.75, 3.05) is 0 Å². The molecule has 7 nitrogen and oxygen atoms in total. The first-order chi connectivity index (χ1) is 14.2. The maximum Gasteiger partial charge on any atom is 0.295 e. The first-order valence-electron chi connectivity index (χ1n) is 9.16. The van der Waals surface area contributed by atoms with E-state index in [4.69, 9.17) is 0 Å². The van der Waals surface area contributed by atoms with Gasteiger partial charge in [-0.2, -0.15) is 8.42 Å². The minimum atomic E-state index is -4.60. The van der Waals surface area contributed by atoms with Gasteiger partial charge >= 0.3 is 0 Å². The highest BCUT2D eigenvalue weighted by Gasteiger charge is 2.20. The molecule has 0 radical (unpaired) electrons. The molecule has 30 heavy (non-hydrogen) atoms. The Morgan fingerprint density at radius 3 is 2.33 bits per heavy atom. The summed E-state index contributed by atoms with van der Waals surface area (Å²) in [5, 5.41) is 1.13. The zero-order valence-corrected chi connectivity index (χ0v) is 16.9. The molecule has 0 fully saturated rings. The second-order valence-corrected chi connectivity index (χ2v) is 8.82. The molecule has 0 saturated heterocycles. The molecule has 0 aliphatic heterocycles. The van der Waals surface area contributed by atoms with Crippen LogP contribution in [0.15, 0.2) is 63.0 Å². The highest BCUT2D eigenvalue weighted by atomic mass is 32.2. The molecule has 0 spiro atoms. The van der Waals surface area contributed by atoms with Gasteiger partial charge in [-0.25, -0.2) is 0 Å². The molecular formula is C22H16N2O5S. The molecule has 0 bridgehead atoms. The fourth-order valence-electron chi connectivity index (χ4n) is 4.14. The Hall–Kier alpha value is -3.49. The van der Waals surface area contributed by atoms with Crippen LogP contribution in [0.3, 0.4) is 0 Å². The summed E-state index contributed by atoms with van der Waals surface area (Å²) >= 11 is 0. The van der Waals surface area contributed by atoms with Crippen LogP contribution in [0, 0.1) is 6.92 Å². The van der Waals surface area contributed by atoms with Crippen LogP contribution < -0.4 is 10.9 Å². The number of aromatic nitrogens is 2. The lowest BCUT2D eigenvalue weighted by Crippen LogP contribution is -2.13. The van der Waals surface area contributed by atoms with Crippen molar-refractivity contribution in [2.45, 2.75) is 11.8 Å². The fraction of sp³-hybridized carbons (Fsp3) is 0.0909. The number of benzene rings is 3. The van der Waals surface area contributed by atoms with Crippen LogP contribution in [0.5, 0.6) is 0 Å². The summed E-state index contributed by atoms with van der Waals surface area (Å²) in [6.45, 7) is 1.67. The summed E-state index contributed by atoms with van der Waals surface area (Å²) in [6.07, 6.45) is 0. The molecule has 0 saturated carbocycles. The molecule has 2 heterocycles. The molecule has 2 N–H and O–H groups in total.